The molecule has 0 aromatic carbocycles. The molecular weight excluding hydrogens is 272 g/mol. The molecule has 0 spiro atoms. The Hall–Kier alpha value is -0.550. The van der Waals surface area contributed by atoms with Gasteiger partial charge in [0.1, 0.15) is 0 Å². The van der Waals surface area contributed by atoms with Crippen LogP contribution in [0.3, 0.4) is 0 Å². The Balaban J connectivity index is 1.76. The van der Waals surface area contributed by atoms with Crippen LogP contribution in [0.15, 0.2) is 0 Å². The highest BCUT2D eigenvalue weighted by Gasteiger charge is 2.31. The van der Waals surface area contributed by atoms with E-state index in [0.717, 1.165) is 44.6 Å². The molecule has 2 aliphatic heterocycles. The lowest BCUT2D eigenvalue weighted by molar-refractivity contribution is -0.127. The molecule has 2 rings (SSSR count). The summed E-state index contributed by atoms with van der Waals surface area (Å²) in [5.74, 6) is 1.73. The van der Waals surface area contributed by atoms with E-state index in [1.165, 1.54) is 18.2 Å². The fourth-order valence-electron chi connectivity index (χ4n) is 3.50. The van der Waals surface area contributed by atoms with Crippen molar-refractivity contribution in [3.05, 3.63) is 0 Å². The molecule has 20 heavy (non-hydrogen) atoms. The van der Waals surface area contributed by atoms with Crippen molar-refractivity contribution in [3.63, 3.8) is 0 Å². The Morgan fingerprint density at radius 1 is 1.20 bits per heavy atom. The second-order valence-corrected chi connectivity index (χ2v) is 7.96. The monoisotopic (exact) mass is 298 g/mol. The Morgan fingerprint density at radius 2 is 1.85 bits per heavy atom. The molecule has 0 bridgehead atoms. The van der Waals surface area contributed by atoms with Gasteiger partial charge in [-0.2, -0.15) is 0 Å². The molecule has 0 radical (unpaired) electrons. The normalized spacial score (nSPS) is 31.9. The molecule has 4 nitrogen and oxygen atoms in total. The van der Waals surface area contributed by atoms with Crippen molar-refractivity contribution in [1.82, 2.24) is 9.80 Å². The number of carbonyl (C=O) groups excluding carboxylic acids is 2. The molecule has 0 aromatic rings. The predicted molar refractivity (Wildman–Crippen MR) is 82.6 cm³/mol. The van der Waals surface area contributed by atoms with E-state index in [9.17, 15) is 9.59 Å². The summed E-state index contributed by atoms with van der Waals surface area (Å²) in [6.45, 7) is 11.0. The summed E-state index contributed by atoms with van der Waals surface area (Å²) >= 11 is 1.32. The summed E-state index contributed by atoms with van der Waals surface area (Å²) in [5.41, 5.74) is 0. The molecule has 3 unspecified atom stereocenters. The van der Waals surface area contributed by atoms with Crippen molar-refractivity contribution in [2.24, 2.45) is 11.8 Å². The lowest BCUT2D eigenvalue weighted by atomic mass is 9.92. The van der Waals surface area contributed by atoms with Gasteiger partial charge in [-0.1, -0.05) is 25.6 Å². The molecule has 1 amide bonds. The van der Waals surface area contributed by atoms with Gasteiger partial charge in [0, 0.05) is 51.3 Å². The standard InChI is InChI=1S/C15H26N2O2S/c1-11-6-12(2)9-16(8-11)4-5-17-10-14(7-15(17)19)20-13(3)18/h11-12,14H,4-10H2,1-3H3. The van der Waals surface area contributed by atoms with E-state index in [4.69, 9.17) is 0 Å². The second kappa shape index (κ2) is 6.94. The highest BCUT2D eigenvalue weighted by atomic mass is 32.2. The maximum absolute atomic E-state index is 12.0. The summed E-state index contributed by atoms with van der Waals surface area (Å²) in [7, 11) is 0. The van der Waals surface area contributed by atoms with Crippen LogP contribution >= 0.6 is 11.8 Å². The number of rotatable bonds is 4. The van der Waals surface area contributed by atoms with Crippen molar-refractivity contribution >= 4 is 22.8 Å². The van der Waals surface area contributed by atoms with Gasteiger partial charge in [-0.25, -0.2) is 0 Å². The Labute approximate surface area is 126 Å². The summed E-state index contributed by atoms with van der Waals surface area (Å²) in [6.07, 6.45) is 1.84. The van der Waals surface area contributed by atoms with E-state index in [0.29, 0.717) is 6.42 Å². The molecule has 2 fully saturated rings. The van der Waals surface area contributed by atoms with Gasteiger partial charge < -0.3 is 9.80 Å². The molecule has 3 atom stereocenters. The largest absolute Gasteiger partial charge is 0.340 e. The van der Waals surface area contributed by atoms with E-state index < -0.39 is 0 Å². The number of carbonyl (C=O) groups is 2. The Morgan fingerprint density at radius 3 is 2.45 bits per heavy atom. The van der Waals surface area contributed by atoms with Crippen molar-refractivity contribution in [2.45, 2.75) is 38.9 Å². The maximum atomic E-state index is 12.0. The van der Waals surface area contributed by atoms with Gasteiger partial charge in [0.15, 0.2) is 5.12 Å². The number of hydrogen-bond acceptors (Lipinski definition) is 4. The highest BCUT2D eigenvalue weighted by molar-refractivity contribution is 8.14. The first-order valence-corrected chi connectivity index (χ1v) is 8.49. The zero-order valence-corrected chi connectivity index (χ0v) is 13.6. The predicted octanol–water partition coefficient (Wildman–Crippen LogP) is 1.84. The minimum Gasteiger partial charge on any atom is -0.340 e. The quantitative estimate of drug-likeness (QED) is 0.794. The van der Waals surface area contributed by atoms with E-state index in [1.807, 2.05) is 4.90 Å². The molecule has 0 N–H and O–H groups in total. The average molecular weight is 298 g/mol. The third-order valence-electron chi connectivity index (χ3n) is 4.14. The summed E-state index contributed by atoms with van der Waals surface area (Å²) in [6, 6.07) is 0. The van der Waals surface area contributed by atoms with Gasteiger partial charge in [0.2, 0.25) is 5.91 Å². The smallest absolute Gasteiger partial charge is 0.223 e. The van der Waals surface area contributed by atoms with Crippen LogP contribution < -0.4 is 0 Å². The Kier molecular flexibility index (Phi) is 5.49. The molecule has 5 heteroatoms. The number of thioether (sulfide) groups is 1. The average Bonchev–Trinajstić information content (AvgIpc) is 2.64. The number of piperidine rings is 1. The SMILES string of the molecule is CC(=O)SC1CC(=O)N(CCN2CC(C)CC(C)C2)C1. The first kappa shape index (κ1) is 15.8. The summed E-state index contributed by atoms with van der Waals surface area (Å²) in [4.78, 5) is 27.5. The van der Waals surface area contributed by atoms with Crippen LogP contribution in [0.4, 0.5) is 0 Å². The van der Waals surface area contributed by atoms with Crippen LogP contribution in [0.5, 0.6) is 0 Å². The zero-order valence-electron chi connectivity index (χ0n) is 12.8. The van der Waals surface area contributed by atoms with Gasteiger partial charge in [0.05, 0.1) is 0 Å². The third-order valence-corrected chi connectivity index (χ3v) is 5.12. The molecule has 0 aromatic heterocycles. The lowest BCUT2D eigenvalue weighted by Crippen LogP contribution is -2.43. The van der Waals surface area contributed by atoms with Crippen molar-refractivity contribution in [3.8, 4) is 0 Å². The van der Waals surface area contributed by atoms with Crippen LogP contribution in [0.25, 0.3) is 0 Å². The minimum absolute atomic E-state index is 0.114. The van der Waals surface area contributed by atoms with Gasteiger partial charge >= 0.3 is 0 Å². The lowest BCUT2D eigenvalue weighted by Gasteiger charge is -2.35. The van der Waals surface area contributed by atoms with Crippen LogP contribution in [-0.2, 0) is 9.59 Å². The first-order chi connectivity index (χ1) is 9.44. The van der Waals surface area contributed by atoms with E-state index in [-0.39, 0.29) is 16.3 Å². The number of nitrogens with zero attached hydrogens (tertiary/aromatic N) is 2. The first-order valence-electron chi connectivity index (χ1n) is 7.61. The molecule has 114 valence electrons. The van der Waals surface area contributed by atoms with E-state index in [1.54, 1.807) is 6.92 Å². The minimum atomic E-state index is 0.114. The summed E-state index contributed by atoms with van der Waals surface area (Å²) in [5, 5.41) is 0.280. The van der Waals surface area contributed by atoms with E-state index >= 15 is 0 Å². The molecule has 0 aliphatic carbocycles. The molecule has 2 saturated heterocycles. The topological polar surface area (TPSA) is 40.6 Å². The van der Waals surface area contributed by atoms with Gasteiger partial charge in [-0.3, -0.25) is 9.59 Å². The second-order valence-electron chi connectivity index (χ2n) is 6.48. The number of amides is 1. The zero-order chi connectivity index (χ0) is 14.7. The molecule has 2 aliphatic rings. The number of likely N-dealkylation sites (tertiary alicyclic amines) is 2. The van der Waals surface area contributed by atoms with Crippen LogP contribution in [0.2, 0.25) is 0 Å². The third kappa shape index (κ3) is 4.48. The summed E-state index contributed by atoms with van der Waals surface area (Å²) < 4.78 is 0. The van der Waals surface area contributed by atoms with Crippen LogP contribution in [-0.4, -0.2) is 58.8 Å². The molecular formula is C15H26N2O2S. The van der Waals surface area contributed by atoms with Crippen molar-refractivity contribution in [2.75, 3.05) is 32.7 Å². The van der Waals surface area contributed by atoms with Crippen molar-refractivity contribution < 1.29 is 9.59 Å². The van der Waals surface area contributed by atoms with Gasteiger partial charge in [-0.05, 0) is 18.3 Å². The fraction of sp³-hybridized carbons (Fsp3) is 0.867. The van der Waals surface area contributed by atoms with Gasteiger partial charge in [0.25, 0.3) is 0 Å². The van der Waals surface area contributed by atoms with E-state index in [2.05, 4.69) is 18.7 Å². The molecule has 0 saturated carbocycles. The highest BCUT2D eigenvalue weighted by Crippen LogP contribution is 2.25. The molecule has 2 heterocycles. The van der Waals surface area contributed by atoms with Crippen LogP contribution in [0.1, 0.15) is 33.6 Å². The van der Waals surface area contributed by atoms with Crippen molar-refractivity contribution in [1.29, 1.82) is 0 Å². The number of hydrogen-bond donors (Lipinski definition) is 0. The van der Waals surface area contributed by atoms with Crippen LogP contribution in [0, 0.1) is 11.8 Å². The maximum Gasteiger partial charge on any atom is 0.223 e. The Bertz CT molecular complexity index is 365. The fourth-order valence-corrected chi connectivity index (χ4v) is 4.45. The van der Waals surface area contributed by atoms with Gasteiger partial charge in [-0.15, -0.1) is 0 Å².